The van der Waals surface area contributed by atoms with Gasteiger partial charge in [-0.2, -0.15) is 0 Å². The molecule has 4 heterocycles. The summed E-state index contributed by atoms with van der Waals surface area (Å²) in [6.07, 6.45) is 8.07. The molecule has 0 radical (unpaired) electrons. The number of hydrogen-bond acceptors (Lipinski definition) is 3. The van der Waals surface area contributed by atoms with Gasteiger partial charge in [0.1, 0.15) is 6.04 Å². The van der Waals surface area contributed by atoms with E-state index >= 15 is 0 Å². The van der Waals surface area contributed by atoms with Crippen LogP contribution in [-0.4, -0.2) is 51.8 Å². The van der Waals surface area contributed by atoms with Crippen molar-refractivity contribution in [3.8, 4) is 0 Å². The van der Waals surface area contributed by atoms with Gasteiger partial charge in [0.2, 0.25) is 11.8 Å². The summed E-state index contributed by atoms with van der Waals surface area (Å²) in [5.41, 5.74) is 1.20. The van der Waals surface area contributed by atoms with Crippen LogP contribution in [0.15, 0.2) is 24.5 Å². The van der Waals surface area contributed by atoms with Crippen LogP contribution in [0.5, 0.6) is 0 Å². The third-order valence-corrected chi connectivity index (χ3v) is 5.95. The van der Waals surface area contributed by atoms with Crippen molar-refractivity contribution in [3.63, 3.8) is 0 Å². The first-order valence-electron chi connectivity index (χ1n) is 9.13. The van der Waals surface area contributed by atoms with Crippen molar-refractivity contribution < 1.29 is 9.59 Å². The molecule has 3 aliphatic rings. The number of rotatable bonds is 2. The molecular formula is C19H25N3O2. The highest BCUT2D eigenvalue weighted by molar-refractivity contribution is 5.89. The van der Waals surface area contributed by atoms with Gasteiger partial charge in [0.25, 0.3) is 0 Å². The molecular weight excluding hydrogens is 302 g/mol. The Morgan fingerprint density at radius 3 is 2.83 bits per heavy atom. The molecule has 3 atom stereocenters. The fourth-order valence-corrected chi connectivity index (χ4v) is 4.51. The molecule has 1 aromatic heterocycles. The second-order valence-electron chi connectivity index (χ2n) is 7.65. The number of fused-ring (bicyclic) bond motifs is 1. The zero-order chi connectivity index (χ0) is 16.7. The normalized spacial score (nSPS) is 30.7. The second kappa shape index (κ2) is 6.19. The number of likely N-dealkylation sites (tertiary alicyclic amines) is 1. The van der Waals surface area contributed by atoms with Crippen molar-refractivity contribution in [2.45, 2.75) is 57.0 Å². The van der Waals surface area contributed by atoms with Crippen LogP contribution in [-0.2, 0) is 9.59 Å². The molecule has 0 N–H and O–H groups in total. The minimum Gasteiger partial charge on any atom is -0.340 e. The highest BCUT2D eigenvalue weighted by Crippen LogP contribution is 2.36. The fraction of sp³-hybridized carbons (Fsp3) is 0.632. The van der Waals surface area contributed by atoms with E-state index in [0.717, 1.165) is 38.8 Å². The van der Waals surface area contributed by atoms with Gasteiger partial charge in [-0.05, 0) is 43.2 Å². The summed E-state index contributed by atoms with van der Waals surface area (Å²) in [6, 6.07) is 4.07. The van der Waals surface area contributed by atoms with Crippen LogP contribution in [0.25, 0.3) is 0 Å². The van der Waals surface area contributed by atoms with E-state index in [9.17, 15) is 9.59 Å². The van der Waals surface area contributed by atoms with Gasteiger partial charge in [-0.3, -0.25) is 14.6 Å². The number of amides is 2. The van der Waals surface area contributed by atoms with Crippen molar-refractivity contribution in [1.29, 1.82) is 0 Å². The summed E-state index contributed by atoms with van der Waals surface area (Å²) >= 11 is 0. The van der Waals surface area contributed by atoms with Crippen LogP contribution in [0.1, 0.15) is 50.5 Å². The number of nitrogens with zero attached hydrogens (tertiary/aromatic N) is 3. The van der Waals surface area contributed by atoms with Gasteiger partial charge < -0.3 is 9.80 Å². The smallest absolute Gasteiger partial charge is 0.245 e. The van der Waals surface area contributed by atoms with E-state index in [4.69, 9.17) is 0 Å². The third kappa shape index (κ3) is 2.70. The Morgan fingerprint density at radius 1 is 1.25 bits per heavy atom. The average molecular weight is 327 g/mol. The summed E-state index contributed by atoms with van der Waals surface area (Å²) in [7, 11) is 0. The summed E-state index contributed by atoms with van der Waals surface area (Å²) in [6.45, 7) is 3.73. The number of hydrogen-bond donors (Lipinski definition) is 0. The van der Waals surface area contributed by atoms with E-state index in [2.05, 4.69) is 18.0 Å². The quantitative estimate of drug-likeness (QED) is 0.837. The summed E-state index contributed by atoms with van der Waals surface area (Å²) < 4.78 is 0. The molecule has 3 aliphatic heterocycles. The predicted octanol–water partition coefficient (Wildman–Crippen LogP) is 2.19. The number of pyridine rings is 1. The van der Waals surface area contributed by atoms with Crippen LogP contribution >= 0.6 is 0 Å². The fourth-order valence-electron chi connectivity index (χ4n) is 4.51. The third-order valence-electron chi connectivity index (χ3n) is 5.95. The van der Waals surface area contributed by atoms with E-state index in [0.29, 0.717) is 18.3 Å². The molecule has 1 aromatic rings. The first kappa shape index (κ1) is 15.6. The molecule has 3 saturated heterocycles. The SMILES string of the molecule is C[C@H]1CCC(=O)N2[C@H](CC[C@H]2C(=O)N2CC(c3cccnc3)C2)C1. The first-order valence-corrected chi connectivity index (χ1v) is 9.13. The predicted molar refractivity (Wildman–Crippen MR) is 90.2 cm³/mol. The van der Waals surface area contributed by atoms with E-state index in [1.807, 2.05) is 22.1 Å². The molecule has 0 spiro atoms. The van der Waals surface area contributed by atoms with Gasteiger partial charge in [-0.15, -0.1) is 0 Å². The molecule has 0 unspecified atom stereocenters. The molecule has 4 rings (SSSR count). The van der Waals surface area contributed by atoms with Crippen LogP contribution < -0.4 is 0 Å². The lowest BCUT2D eigenvalue weighted by molar-refractivity contribution is -0.148. The Hall–Kier alpha value is -1.91. The van der Waals surface area contributed by atoms with E-state index in [1.54, 1.807) is 6.20 Å². The van der Waals surface area contributed by atoms with Gasteiger partial charge in [0, 0.05) is 43.9 Å². The molecule has 5 nitrogen and oxygen atoms in total. The van der Waals surface area contributed by atoms with E-state index < -0.39 is 0 Å². The average Bonchev–Trinajstić information content (AvgIpc) is 2.89. The molecule has 24 heavy (non-hydrogen) atoms. The van der Waals surface area contributed by atoms with E-state index in [1.165, 1.54) is 5.56 Å². The number of aromatic nitrogens is 1. The lowest BCUT2D eigenvalue weighted by atomic mass is 9.92. The zero-order valence-electron chi connectivity index (χ0n) is 14.2. The standard InChI is InChI=1S/C19H25N3O2/c1-13-4-7-18(23)22-16(9-13)5-6-17(22)19(24)21-11-15(12-21)14-3-2-8-20-10-14/h2-3,8,10,13,15-17H,4-7,9,11-12H2,1H3/t13-,16+,17-/m0/s1. The lowest BCUT2D eigenvalue weighted by Gasteiger charge is -2.42. The minimum atomic E-state index is -0.220. The maximum absolute atomic E-state index is 12.9. The van der Waals surface area contributed by atoms with Crippen LogP contribution in [0, 0.1) is 5.92 Å². The number of carbonyl (C=O) groups is 2. The molecule has 0 aromatic carbocycles. The molecule has 0 aliphatic carbocycles. The Bertz CT molecular complexity index is 627. The van der Waals surface area contributed by atoms with Gasteiger partial charge >= 0.3 is 0 Å². The van der Waals surface area contributed by atoms with Crippen molar-refractivity contribution in [1.82, 2.24) is 14.8 Å². The Kier molecular flexibility index (Phi) is 4.02. The van der Waals surface area contributed by atoms with Crippen molar-refractivity contribution in [3.05, 3.63) is 30.1 Å². The van der Waals surface area contributed by atoms with Crippen LogP contribution in [0.4, 0.5) is 0 Å². The van der Waals surface area contributed by atoms with Gasteiger partial charge in [0.05, 0.1) is 0 Å². The maximum atomic E-state index is 12.9. The lowest BCUT2D eigenvalue weighted by Crippen LogP contribution is -2.56. The summed E-state index contributed by atoms with van der Waals surface area (Å²) in [5, 5.41) is 0. The summed E-state index contributed by atoms with van der Waals surface area (Å²) in [5.74, 6) is 1.31. The topological polar surface area (TPSA) is 53.5 Å². The van der Waals surface area contributed by atoms with Crippen molar-refractivity contribution >= 4 is 11.8 Å². The van der Waals surface area contributed by atoms with Gasteiger partial charge in [-0.25, -0.2) is 0 Å². The molecule has 0 saturated carbocycles. The first-order chi connectivity index (χ1) is 11.6. The van der Waals surface area contributed by atoms with E-state index in [-0.39, 0.29) is 23.9 Å². The molecule has 5 heteroatoms. The minimum absolute atomic E-state index is 0.153. The Labute approximate surface area is 143 Å². The zero-order valence-corrected chi connectivity index (χ0v) is 14.2. The Morgan fingerprint density at radius 2 is 2.08 bits per heavy atom. The summed E-state index contributed by atoms with van der Waals surface area (Å²) in [4.78, 5) is 33.4. The monoisotopic (exact) mass is 327 g/mol. The highest BCUT2D eigenvalue weighted by atomic mass is 16.2. The molecule has 3 fully saturated rings. The van der Waals surface area contributed by atoms with Crippen molar-refractivity contribution in [2.75, 3.05) is 13.1 Å². The second-order valence-corrected chi connectivity index (χ2v) is 7.65. The molecule has 0 bridgehead atoms. The molecule has 2 amide bonds. The highest BCUT2D eigenvalue weighted by Gasteiger charge is 2.45. The Balaban J connectivity index is 1.41. The van der Waals surface area contributed by atoms with Gasteiger partial charge in [-0.1, -0.05) is 13.0 Å². The largest absolute Gasteiger partial charge is 0.340 e. The number of carbonyl (C=O) groups excluding carboxylic acids is 2. The van der Waals surface area contributed by atoms with Crippen LogP contribution in [0.2, 0.25) is 0 Å². The van der Waals surface area contributed by atoms with Crippen molar-refractivity contribution in [2.24, 2.45) is 5.92 Å². The van der Waals surface area contributed by atoms with Crippen LogP contribution in [0.3, 0.4) is 0 Å². The molecule has 128 valence electrons. The van der Waals surface area contributed by atoms with Gasteiger partial charge in [0.15, 0.2) is 0 Å². The maximum Gasteiger partial charge on any atom is 0.245 e.